The van der Waals surface area contributed by atoms with Gasteiger partial charge in [-0.15, -0.1) is 0 Å². The molecule has 4 N–H and O–H groups in total. The average Bonchev–Trinajstić information content (AvgIpc) is 4.04. The molecule has 13 heteroatoms. The number of amides is 3. The summed E-state index contributed by atoms with van der Waals surface area (Å²) in [6.07, 6.45) is 6.64. The lowest BCUT2D eigenvalue weighted by Gasteiger charge is -2.28. The van der Waals surface area contributed by atoms with E-state index in [1.54, 1.807) is 7.11 Å². The normalized spacial score (nSPS) is 27.7. The minimum absolute atomic E-state index is 0.115. The quantitative estimate of drug-likeness (QED) is 0.331. The topological polar surface area (TPSA) is 170 Å². The predicted octanol–water partition coefficient (Wildman–Crippen LogP) is 3.81. The Hall–Kier alpha value is -4.23. The van der Waals surface area contributed by atoms with E-state index < -0.39 is 50.8 Å². The van der Waals surface area contributed by atoms with E-state index in [0.717, 1.165) is 43.1 Å². The van der Waals surface area contributed by atoms with E-state index in [1.807, 2.05) is 54.6 Å². The molecule has 0 bridgehead atoms. The number of benzene rings is 2. The Balaban J connectivity index is 1.19. The van der Waals surface area contributed by atoms with Crippen LogP contribution in [0.1, 0.15) is 70.6 Å². The van der Waals surface area contributed by atoms with Crippen molar-refractivity contribution >= 4 is 38.6 Å². The molecule has 2 aliphatic heterocycles. The van der Waals surface area contributed by atoms with Crippen molar-refractivity contribution in [2.75, 3.05) is 13.7 Å². The average molecular weight is 704 g/mol. The summed E-state index contributed by atoms with van der Waals surface area (Å²) in [7, 11) is -2.23. The minimum Gasteiger partial charge on any atom is -0.497 e. The van der Waals surface area contributed by atoms with Crippen LogP contribution in [0, 0.1) is 5.92 Å². The molecule has 2 aliphatic carbocycles. The Morgan fingerprint density at radius 3 is 2.48 bits per heavy atom. The van der Waals surface area contributed by atoms with E-state index >= 15 is 0 Å². The first-order valence-electron chi connectivity index (χ1n) is 17.7. The predicted molar refractivity (Wildman–Crippen MR) is 188 cm³/mol. The number of fused-ring (bicyclic) bond motifs is 3. The van der Waals surface area contributed by atoms with Crippen molar-refractivity contribution in [3.8, 4) is 22.8 Å². The molecule has 1 unspecified atom stereocenters. The highest BCUT2D eigenvalue weighted by Crippen LogP contribution is 2.48. The lowest BCUT2D eigenvalue weighted by Crippen LogP contribution is -2.57. The second-order valence-corrected chi connectivity index (χ2v) is 16.2. The molecule has 2 saturated heterocycles. The molecule has 0 spiro atoms. The van der Waals surface area contributed by atoms with Crippen LogP contribution >= 0.6 is 0 Å². The molecule has 7 rings (SSSR count). The number of nitrogens with one attached hydrogen (secondary N) is 2. The van der Waals surface area contributed by atoms with Crippen molar-refractivity contribution in [1.29, 1.82) is 0 Å². The van der Waals surface area contributed by atoms with Crippen LogP contribution in [0.3, 0.4) is 0 Å². The van der Waals surface area contributed by atoms with Gasteiger partial charge in [0.05, 0.1) is 36.2 Å². The molecule has 3 aromatic rings. The molecule has 5 atom stereocenters. The number of nitrogens with two attached hydrogens (primary N) is 1. The van der Waals surface area contributed by atoms with Crippen molar-refractivity contribution in [3.05, 3.63) is 54.6 Å². The molecule has 3 amide bonds. The summed E-state index contributed by atoms with van der Waals surface area (Å²) in [6, 6.07) is 15.4. The van der Waals surface area contributed by atoms with Gasteiger partial charge in [0.2, 0.25) is 21.8 Å². The Labute approximate surface area is 292 Å². The van der Waals surface area contributed by atoms with Crippen LogP contribution in [0.25, 0.3) is 22.2 Å². The highest BCUT2D eigenvalue weighted by atomic mass is 32.2. The van der Waals surface area contributed by atoms with Crippen LogP contribution in [0.15, 0.2) is 54.6 Å². The zero-order chi connectivity index (χ0) is 35.0. The second-order valence-electron chi connectivity index (χ2n) is 14.2. The number of methoxy groups -OCH3 is 1. The van der Waals surface area contributed by atoms with Gasteiger partial charge in [-0.05, 0) is 50.2 Å². The number of pyridine rings is 1. The number of ether oxygens (including phenoxy) is 2. The van der Waals surface area contributed by atoms with Gasteiger partial charge in [0.25, 0.3) is 5.91 Å². The number of aromatic nitrogens is 1. The third kappa shape index (κ3) is 7.02. The van der Waals surface area contributed by atoms with E-state index in [1.165, 1.54) is 4.90 Å². The first-order chi connectivity index (χ1) is 24.1. The maximum Gasteiger partial charge on any atom is 0.259 e. The second kappa shape index (κ2) is 13.8. The molecule has 0 radical (unpaired) electrons. The van der Waals surface area contributed by atoms with Crippen molar-refractivity contribution in [3.63, 3.8) is 0 Å². The van der Waals surface area contributed by atoms with E-state index in [9.17, 15) is 22.8 Å². The van der Waals surface area contributed by atoms with E-state index in [4.69, 9.17) is 20.2 Å². The number of hydrogen-bond donors (Lipinski definition) is 3. The molecule has 2 aromatic carbocycles. The minimum atomic E-state index is -3.82. The Bertz CT molecular complexity index is 1890. The highest BCUT2D eigenvalue weighted by Gasteiger charge is 2.62. The number of hydrogen-bond acceptors (Lipinski definition) is 9. The standard InChI is InChI=1S/C37H45N5O7S/c1-48-25-14-17-28-31(18-25)39-30(23-10-6-5-7-11-23)20-33(28)49-26-19-32-34(43)40-37(36(45)41-50(46,47)27-15-16-27)21-24(37)12-8-3-2-4-9-13-29(38)35(44)42(32)22-26/h5-7,10-11,14,17-18,20,24,26-27,29,32H,2-4,8-9,12-13,15-16,19,21-22,38H2,1H3,(H,40,43)(H,41,45)/t24-,26-,29+,32?,37-/m1/s1. The first kappa shape index (κ1) is 34.2. The maximum atomic E-state index is 14.2. The molecular formula is C37H45N5O7S. The molecule has 50 heavy (non-hydrogen) atoms. The summed E-state index contributed by atoms with van der Waals surface area (Å²) in [4.78, 5) is 48.1. The SMILES string of the molecule is COc1ccc2c(O[C@@H]3CC4C(=O)N[C@]5(C(=O)NS(=O)(=O)C6CC6)C[C@H]5CCCCCCC[C@H](N)C(=O)N4C3)cc(-c3ccccc3)nc2c1. The van der Waals surface area contributed by atoms with Gasteiger partial charge in [-0.3, -0.25) is 19.1 Å². The van der Waals surface area contributed by atoms with Crippen molar-refractivity contribution in [2.45, 2.75) is 99.6 Å². The van der Waals surface area contributed by atoms with Crippen molar-refractivity contribution in [2.24, 2.45) is 11.7 Å². The Kier molecular flexibility index (Phi) is 9.46. The van der Waals surface area contributed by atoms with Crippen LogP contribution in [-0.2, 0) is 24.4 Å². The van der Waals surface area contributed by atoms with E-state index in [-0.39, 0.29) is 24.8 Å². The summed E-state index contributed by atoms with van der Waals surface area (Å²) < 4.78 is 39.9. The zero-order valence-electron chi connectivity index (χ0n) is 28.3. The van der Waals surface area contributed by atoms with Gasteiger partial charge in [0.15, 0.2) is 0 Å². The third-order valence-electron chi connectivity index (χ3n) is 10.6. The molecule has 2 saturated carbocycles. The van der Waals surface area contributed by atoms with Crippen LogP contribution in [-0.4, -0.2) is 78.7 Å². The Morgan fingerprint density at radius 2 is 1.74 bits per heavy atom. The molecule has 266 valence electrons. The van der Waals surface area contributed by atoms with Crippen molar-refractivity contribution < 1.29 is 32.3 Å². The van der Waals surface area contributed by atoms with Gasteiger partial charge >= 0.3 is 0 Å². The fourth-order valence-electron chi connectivity index (χ4n) is 7.49. The summed E-state index contributed by atoms with van der Waals surface area (Å²) in [5, 5.41) is 3.12. The van der Waals surface area contributed by atoms with Crippen LogP contribution < -0.4 is 25.2 Å². The number of carbonyl (C=O) groups is 3. The van der Waals surface area contributed by atoms with Crippen LogP contribution in [0.4, 0.5) is 0 Å². The third-order valence-corrected chi connectivity index (χ3v) is 12.4. The molecule has 12 nitrogen and oxygen atoms in total. The van der Waals surface area contributed by atoms with Gasteiger partial charge in [-0.2, -0.15) is 0 Å². The maximum absolute atomic E-state index is 14.2. The van der Waals surface area contributed by atoms with Gasteiger partial charge in [-0.25, -0.2) is 13.4 Å². The van der Waals surface area contributed by atoms with E-state index in [2.05, 4.69) is 10.0 Å². The summed E-state index contributed by atoms with van der Waals surface area (Å²) in [6.45, 7) is 0.115. The molecule has 4 fully saturated rings. The smallest absolute Gasteiger partial charge is 0.259 e. The van der Waals surface area contributed by atoms with Gasteiger partial charge in [0.1, 0.15) is 29.2 Å². The van der Waals surface area contributed by atoms with E-state index in [0.29, 0.717) is 54.8 Å². The number of nitrogens with zero attached hydrogens (tertiary/aromatic N) is 2. The summed E-state index contributed by atoms with van der Waals surface area (Å²) >= 11 is 0. The zero-order valence-corrected chi connectivity index (χ0v) is 29.1. The molecule has 4 aliphatic rings. The number of rotatable bonds is 7. The largest absolute Gasteiger partial charge is 0.497 e. The van der Waals surface area contributed by atoms with Crippen molar-refractivity contribution in [1.82, 2.24) is 19.9 Å². The summed E-state index contributed by atoms with van der Waals surface area (Å²) in [5.41, 5.74) is 7.35. The lowest BCUT2D eigenvalue weighted by molar-refractivity contribution is -0.140. The van der Waals surface area contributed by atoms with Gasteiger partial charge in [0, 0.05) is 29.5 Å². The first-order valence-corrected chi connectivity index (χ1v) is 19.3. The van der Waals surface area contributed by atoms with Gasteiger partial charge in [-0.1, -0.05) is 62.4 Å². The molecule has 1 aromatic heterocycles. The Morgan fingerprint density at radius 1 is 1.00 bits per heavy atom. The lowest BCUT2D eigenvalue weighted by atomic mass is 10.0. The molecular weight excluding hydrogens is 659 g/mol. The monoisotopic (exact) mass is 703 g/mol. The fraction of sp³-hybridized carbons (Fsp3) is 0.514. The fourth-order valence-corrected chi connectivity index (χ4v) is 8.85. The highest BCUT2D eigenvalue weighted by molar-refractivity contribution is 7.91. The van der Waals surface area contributed by atoms with Crippen LogP contribution in [0.2, 0.25) is 0 Å². The number of carbonyl (C=O) groups excluding carboxylic acids is 3. The van der Waals surface area contributed by atoms with Gasteiger partial charge < -0.3 is 25.4 Å². The molecule has 3 heterocycles. The summed E-state index contributed by atoms with van der Waals surface area (Å²) in [5.74, 6) is -0.554. The van der Waals surface area contributed by atoms with Crippen LogP contribution in [0.5, 0.6) is 11.5 Å². The number of sulfonamides is 1.